The van der Waals surface area contributed by atoms with Crippen molar-refractivity contribution >= 4 is 5.69 Å². The van der Waals surface area contributed by atoms with Gasteiger partial charge in [-0.2, -0.15) is 0 Å². The van der Waals surface area contributed by atoms with E-state index in [4.69, 9.17) is 0 Å². The van der Waals surface area contributed by atoms with Gasteiger partial charge in [-0.15, -0.1) is 0 Å². The van der Waals surface area contributed by atoms with Crippen LogP contribution in [0, 0.1) is 12.8 Å². The lowest BCUT2D eigenvalue weighted by Gasteiger charge is -2.33. The van der Waals surface area contributed by atoms with E-state index in [0.29, 0.717) is 6.04 Å². The molecular formula is C17H28N2. The fourth-order valence-corrected chi connectivity index (χ4v) is 3.21. The van der Waals surface area contributed by atoms with E-state index in [9.17, 15) is 0 Å². The van der Waals surface area contributed by atoms with Gasteiger partial charge in [0.05, 0.1) is 0 Å². The van der Waals surface area contributed by atoms with E-state index in [2.05, 4.69) is 55.5 Å². The highest BCUT2D eigenvalue weighted by molar-refractivity contribution is 5.46. The van der Waals surface area contributed by atoms with E-state index in [1.807, 2.05) is 0 Å². The lowest BCUT2D eigenvalue weighted by atomic mass is 9.83. The molecule has 0 amide bonds. The Hall–Kier alpha value is -1.02. The number of rotatable bonds is 5. The Morgan fingerprint density at radius 3 is 2.37 bits per heavy atom. The van der Waals surface area contributed by atoms with Gasteiger partial charge in [0.15, 0.2) is 0 Å². The zero-order valence-corrected chi connectivity index (χ0v) is 12.7. The molecule has 1 fully saturated rings. The summed E-state index contributed by atoms with van der Waals surface area (Å²) in [5.41, 5.74) is 2.65. The topological polar surface area (TPSA) is 15.3 Å². The molecule has 0 saturated heterocycles. The maximum absolute atomic E-state index is 3.54. The van der Waals surface area contributed by atoms with Crippen LogP contribution in [-0.4, -0.2) is 26.7 Å². The van der Waals surface area contributed by atoms with Crippen LogP contribution >= 0.6 is 0 Å². The van der Waals surface area contributed by atoms with Gasteiger partial charge in [0.1, 0.15) is 0 Å². The summed E-state index contributed by atoms with van der Waals surface area (Å²) >= 11 is 0. The molecule has 1 saturated carbocycles. The maximum Gasteiger partial charge on any atom is 0.0364 e. The molecule has 0 heterocycles. The van der Waals surface area contributed by atoms with Crippen LogP contribution < -0.4 is 10.2 Å². The first-order valence-electron chi connectivity index (χ1n) is 7.66. The third-order valence-electron chi connectivity index (χ3n) is 4.53. The molecule has 0 radical (unpaired) electrons. The highest BCUT2D eigenvalue weighted by atomic mass is 15.1. The first kappa shape index (κ1) is 14.4. The van der Waals surface area contributed by atoms with E-state index in [0.717, 1.165) is 12.5 Å². The molecule has 1 aliphatic carbocycles. The van der Waals surface area contributed by atoms with Crippen molar-refractivity contribution < 1.29 is 0 Å². The Labute approximate surface area is 118 Å². The number of likely N-dealkylation sites (N-methyl/N-ethyl adjacent to an activating group) is 2. The molecule has 19 heavy (non-hydrogen) atoms. The fraction of sp³-hybridized carbons (Fsp3) is 0.647. The SMILES string of the molecule is CNC(CN(C)c1ccc(C)cc1)C1CCCCC1. The summed E-state index contributed by atoms with van der Waals surface area (Å²) in [5, 5.41) is 3.54. The largest absolute Gasteiger partial charge is 0.373 e. The molecule has 0 spiro atoms. The van der Waals surface area contributed by atoms with E-state index >= 15 is 0 Å². The Bertz CT molecular complexity index is 365. The molecule has 2 rings (SSSR count). The average molecular weight is 260 g/mol. The average Bonchev–Trinajstić information content (AvgIpc) is 2.46. The zero-order chi connectivity index (χ0) is 13.7. The van der Waals surface area contributed by atoms with Gasteiger partial charge in [-0.3, -0.25) is 0 Å². The van der Waals surface area contributed by atoms with Gasteiger partial charge in [-0.1, -0.05) is 37.0 Å². The van der Waals surface area contributed by atoms with Crippen LogP contribution in [0.3, 0.4) is 0 Å². The summed E-state index contributed by atoms with van der Waals surface area (Å²) in [6, 6.07) is 9.46. The second kappa shape index (κ2) is 6.95. The number of benzene rings is 1. The van der Waals surface area contributed by atoms with Crippen LogP contribution in [0.5, 0.6) is 0 Å². The lowest BCUT2D eigenvalue weighted by molar-refractivity contribution is 0.280. The van der Waals surface area contributed by atoms with E-state index < -0.39 is 0 Å². The predicted molar refractivity (Wildman–Crippen MR) is 83.9 cm³/mol. The molecule has 0 aromatic heterocycles. The third-order valence-corrected chi connectivity index (χ3v) is 4.53. The molecule has 0 aliphatic heterocycles. The van der Waals surface area contributed by atoms with Crippen molar-refractivity contribution in [3.8, 4) is 0 Å². The zero-order valence-electron chi connectivity index (χ0n) is 12.7. The summed E-state index contributed by atoms with van der Waals surface area (Å²) < 4.78 is 0. The summed E-state index contributed by atoms with van der Waals surface area (Å²) in [6.45, 7) is 3.24. The Morgan fingerprint density at radius 2 is 1.79 bits per heavy atom. The fourth-order valence-electron chi connectivity index (χ4n) is 3.21. The van der Waals surface area contributed by atoms with Crippen molar-refractivity contribution in [1.82, 2.24) is 5.32 Å². The van der Waals surface area contributed by atoms with Crippen molar-refractivity contribution in [2.75, 3.05) is 25.5 Å². The number of aryl methyl sites for hydroxylation is 1. The number of nitrogens with one attached hydrogen (secondary N) is 1. The lowest BCUT2D eigenvalue weighted by Crippen LogP contribution is -2.43. The highest BCUT2D eigenvalue weighted by Gasteiger charge is 2.23. The summed E-state index contributed by atoms with van der Waals surface area (Å²) in [7, 11) is 4.32. The van der Waals surface area contributed by atoms with Crippen molar-refractivity contribution in [2.45, 2.75) is 45.1 Å². The maximum atomic E-state index is 3.54. The minimum absolute atomic E-state index is 0.617. The number of anilines is 1. The van der Waals surface area contributed by atoms with Gasteiger partial charge in [0, 0.05) is 25.3 Å². The van der Waals surface area contributed by atoms with Crippen molar-refractivity contribution in [3.05, 3.63) is 29.8 Å². The Morgan fingerprint density at radius 1 is 1.16 bits per heavy atom. The molecule has 106 valence electrons. The van der Waals surface area contributed by atoms with Gasteiger partial charge >= 0.3 is 0 Å². The molecule has 0 bridgehead atoms. The Kier molecular flexibility index (Phi) is 5.26. The van der Waals surface area contributed by atoms with Gasteiger partial charge in [0.25, 0.3) is 0 Å². The molecule has 1 unspecified atom stereocenters. The van der Waals surface area contributed by atoms with E-state index in [-0.39, 0.29) is 0 Å². The molecular weight excluding hydrogens is 232 g/mol. The van der Waals surface area contributed by atoms with Gasteiger partial charge in [-0.05, 0) is 44.9 Å². The minimum atomic E-state index is 0.617. The van der Waals surface area contributed by atoms with Crippen LogP contribution in [-0.2, 0) is 0 Å². The molecule has 1 aliphatic rings. The van der Waals surface area contributed by atoms with Crippen molar-refractivity contribution in [2.24, 2.45) is 5.92 Å². The van der Waals surface area contributed by atoms with E-state index in [1.54, 1.807) is 0 Å². The molecule has 1 atom stereocenters. The number of hydrogen-bond donors (Lipinski definition) is 1. The van der Waals surface area contributed by atoms with Crippen molar-refractivity contribution in [3.63, 3.8) is 0 Å². The molecule has 1 aromatic carbocycles. The number of hydrogen-bond acceptors (Lipinski definition) is 2. The minimum Gasteiger partial charge on any atom is -0.373 e. The third kappa shape index (κ3) is 3.97. The summed E-state index contributed by atoms with van der Waals surface area (Å²) in [6.07, 6.45) is 7.05. The smallest absolute Gasteiger partial charge is 0.0364 e. The van der Waals surface area contributed by atoms with Gasteiger partial charge < -0.3 is 10.2 Å². The van der Waals surface area contributed by atoms with Gasteiger partial charge in [-0.25, -0.2) is 0 Å². The van der Waals surface area contributed by atoms with Crippen molar-refractivity contribution in [1.29, 1.82) is 0 Å². The van der Waals surface area contributed by atoms with E-state index in [1.165, 1.54) is 43.4 Å². The number of nitrogens with zero attached hydrogens (tertiary/aromatic N) is 1. The highest BCUT2D eigenvalue weighted by Crippen LogP contribution is 2.27. The van der Waals surface area contributed by atoms with Crippen LogP contribution in [0.4, 0.5) is 5.69 Å². The first-order chi connectivity index (χ1) is 9.20. The molecule has 2 heteroatoms. The molecule has 1 aromatic rings. The molecule has 1 N–H and O–H groups in total. The van der Waals surface area contributed by atoms with Crippen LogP contribution in [0.2, 0.25) is 0 Å². The quantitative estimate of drug-likeness (QED) is 0.870. The van der Waals surface area contributed by atoms with Gasteiger partial charge in [0.2, 0.25) is 0 Å². The molecule has 2 nitrogen and oxygen atoms in total. The standard InChI is InChI=1S/C17H28N2/c1-14-9-11-16(12-10-14)19(3)13-17(18-2)15-7-5-4-6-8-15/h9-12,15,17-18H,4-8,13H2,1-3H3. The van der Waals surface area contributed by atoms with Crippen LogP contribution in [0.25, 0.3) is 0 Å². The predicted octanol–water partition coefficient (Wildman–Crippen LogP) is 3.60. The summed E-state index contributed by atoms with van der Waals surface area (Å²) in [5.74, 6) is 0.853. The second-order valence-corrected chi connectivity index (χ2v) is 6.01. The van der Waals surface area contributed by atoms with Crippen LogP contribution in [0.15, 0.2) is 24.3 Å². The summed E-state index contributed by atoms with van der Waals surface area (Å²) in [4.78, 5) is 2.38. The van der Waals surface area contributed by atoms with Crippen LogP contribution in [0.1, 0.15) is 37.7 Å². The normalized spacial score (nSPS) is 18.3. The Balaban J connectivity index is 1.95. The second-order valence-electron chi connectivity index (χ2n) is 6.01. The first-order valence-corrected chi connectivity index (χ1v) is 7.66. The monoisotopic (exact) mass is 260 g/mol.